The molecule has 8 heteroatoms. The Balaban J connectivity index is 1.43. The zero-order chi connectivity index (χ0) is 22.3. The fraction of sp³-hybridized carbons (Fsp3) is 0.458. The standard InChI is InChI=1S/C24H30ClN5O2/c1-2-3-4-5-6-14-31-20-12-11-17-15-19(10-9-18(17)16-20)22-27-23(32-29-22)21-8-7-13-30(21)24(26)28-25/h9-12,15-16,21H,2-8,13-14H2,1H3,(H2,26,28)/t21-/m0/s1. The number of guanidine groups is 1. The number of nitrogens with two attached hydrogens (primary N) is 1. The molecule has 1 aliphatic heterocycles. The molecule has 32 heavy (non-hydrogen) atoms. The van der Waals surface area contributed by atoms with E-state index >= 15 is 0 Å². The van der Waals surface area contributed by atoms with Crippen molar-refractivity contribution < 1.29 is 9.26 Å². The lowest BCUT2D eigenvalue weighted by molar-refractivity contribution is 0.284. The van der Waals surface area contributed by atoms with Crippen LogP contribution in [0.4, 0.5) is 0 Å². The Kier molecular flexibility index (Phi) is 7.47. The van der Waals surface area contributed by atoms with Crippen molar-refractivity contribution in [1.29, 1.82) is 0 Å². The number of aromatic nitrogens is 2. The van der Waals surface area contributed by atoms with Crippen LogP contribution in [0.2, 0.25) is 0 Å². The van der Waals surface area contributed by atoms with Gasteiger partial charge >= 0.3 is 0 Å². The van der Waals surface area contributed by atoms with Gasteiger partial charge in [-0.05, 0) is 48.2 Å². The van der Waals surface area contributed by atoms with Crippen LogP contribution in [-0.2, 0) is 0 Å². The molecule has 1 saturated heterocycles. The minimum Gasteiger partial charge on any atom is -0.494 e. The van der Waals surface area contributed by atoms with Crippen molar-refractivity contribution in [2.24, 2.45) is 10.2 Å². The van der Waals surface area contributed by atoms with Crippen LogP contribution in [0.5, 0.6) is 5.75 Å². The topological polar surface area (TPSA) is 89.8 Å². The average Bonchev–Trinajstić information content (AvgIpc) is 3.50. The minimum absolute atomic E-state index is 0.0964. The molecule has 1 aromatic heterocycles. The van der Waals surface area contributed by atoms with Gasteiger partial charge in [0.05, 0.1) is 6.61 Å². The molecule has 2 N–H and O–H groups in total. The van der Waals surface area contributed by atoms with Crippen molar-refractivity contribution in [1.82, 2.24) is 15.0 Å². The van der Waals surface area contributed by atoms with Crippen molar-refractivity contribution in [3.05, 3.63) is 42.3 Å². The van der Waals surface area contributed by atoms with Crippen LogP contribution in [0.3, 0.4) is 0 Å². The molecule has 0 spiro atoms. The van der Waals surface area contributed by atoms with Gasteiger partial charge in [0.25, 0.3) is 0 Å². The summed E-state index contributed by atoms with van der Waals surface area (Å²) in [5.41, 5.74) is 6.80. The smallest absolute Gasteiger partial charge is 0.249 e. The van der Waals surface area contributed by atoms with Crippen molar-refractivity contribution in [2.45, 2.75) is 57.9 Å². The lowest BCUT2D eigenvalue weighted by Crippen LogP contribution is -2.36. The van der Waals surface area contributed by atoms with Gasteiger partial charge in [-0.25, -0.2) is 0 Å². The Labute approximate surface area is 193 Å². The van der Waals surface area contributed by atoms with Crippen LogP contribution in [-0.4, -0.2) is 34.2 Å². The number of unbranched alkanes of at least 4 members (excludes halogenated alkanes) is 4. The van der Waals surface area contributed by atoms with E-state index in [1.807, 2.05) is 17.0 Å². The van der Waals surface area contributed by atoms with E-state index in [2.05, 4.69) is 45.8 Å². The lowest BCUT2D eigenvalue weighted by Gasteiger charge is -2.21. The molecule has 2 heterocycles. The third-order valence-electron chi connectivity index (χ3n) is 5.95. The molecule has 0 amide bonds. The van der Waals surface area contributed by atoms with Crippen LogP contribution in [0.25, 0.3) is 22.2 Å². The SMILES string of the molecule is CCCCCCCOc1ccc2cc(-c3noc([C@@H]4CCCN4C(N)=NCl)n3)ccc2c1. The molecule has 0 aliphatic carbocycles. The van der Waals surface area contributed by atoms with Gasteiger partial charge in [0, 0.05) is 23.9 Å². The van der Waals surface area contributed by atoms with Crippen molar-refractivity contribution in [3.63, 3.8) is 0 Å². The predicted molar refractivity (Wildman–Crippen MR) is 128 cm³/mol. The van der Waals surface area contributed by atoms with Gasteiger partial charge in [-0.1, -0.05) is 56.0 Å². The van der Waals surface area contributed by atoms with E-state index in [4.69, 9.17) is 26.8 Å². The summed E-state index contributed by atoms with van der Waals surface area (Å²) in [6.45, 7) is 3.76. The summed E-state index contributed by atoms with van der Waals surface area (Å²) in [4.78, 5) is 6.53. The van der Waals surface area contributed by atoms with Gasteiger partial charge in [0.1, 0.15) is 11.8 Å². The third-order valence-corrected chi connectivity index (χ3v) is 6.12. The van der Waals surface area contributed by atoms with Crippen molar-refractivity contribution in [3.8, 4) is 17.1 Å². The summed E-state index contributed by atoms with van der Waals surface area (Å²) in [5, 5.41) is 6.42. The molecule has 7 nitrogen and oxygen atoms in total. The number of ether oxygens (including phenoxy) is 1. The van der Waals surface area contributed by atoms with E-state index < -0.39 is 0 Å². The van der Waals surface area contributed by atoms with E-state index in [1.165, 1.54) is 25.7 Å². The summed E-state index contributed by atoms with van der Waals surface area (Å²) >= 11 is 5.55. The van der Waals surface area contributed by atoms with Gasteiger partial charge in [0.15, 0.2) is 0 Å². The predicted octanol–water partition coefficient (Wildman–Crippen LogP) is 5.84. The normalized spacial score (nSPS) is 16.8. The van der Waals surface area contributed by atoms with Crippen molar-refractivity contribution in [2.75, 3.05) is 13.2 Å². The first-order valence-corrected chi connectivity index (χ1v) is 11.7. The van der Waals surface area contributed by atoms with Crippen LogP contribution in [0.1, 0.15) is 63.8 Å². The zero-order valence-electron chi connectivity index (χ0n) is 18.5. The highest BCUT2D eigenvalue weighted by Crippen LogP contribution is 2.32. The first kappa shape index (κ1) is 22.4. The number of rotatable bonds is 9. The molecule has 0 saturated carbocycles. The molecule has 1 atom stereocenters. The summed E-state index contributed by atoms with van der Waals surface area (Å²) in [5.74, 6) is 2.27. The number of nitrogens with zero attached hydrogens (tertiary/aromatic N) is 4. The number of fused-ring (bicyclic) bond motifs is 1. The highest BCUT2D eigenvalue weighted by Gasteiger charge is 2.32. The van der Waals surface area contributed by atoms with Crippen molar-refractivity contribution >= 4 is 28.5 Å². The Morgan fingerprint density at radius 1 is 1.19 bits per heavy atom. The second-order valence-electron chi connectivity index (χ2n) is 8.24. The Hall–Kier alpha value is -2.80. The first-order chi connectivity index (χ1) is 15.7. The van der Waals surface area contributed by atoms with E-state index in [0.29, 0.717) is 11.7 Å². The molecular weight excluding hydrogens is 426 g/mol. The van der Waals surface area contributed by atoms with E-state index in [9.17, 15) is 0 Å². The monoisotopic (exact) mass is 455 g/mol. The van der Waals surface area contributed by atoms with Gasteiger partial charge in [-0.3, -0.25) is 0 Å². The average molecular weight is 456 g/mol. The molecule has 1 aliphatic rings. The lowest BCUT2D eigenvalue weighted by atomic mass is 10.1. The van der Waals surface area contributed by atoms with Crippen LogP contribution in [0, 0.1) is 0 Å². The molecule has 170 valence electrons. The highest BCUT2D eigenvalue weighted by atomic mass is 35.5. The molecule has 0 radical (unpaired) electrons. The number of hydrogen-bond donors (Lipinski definition) is 1. The summed E-state index contributed by atoms with van der Waals surface area (Å²) < 4.78 is 15.1. The first-order valence-electron chi connectivity index (χ1n) is 11.4. The number of likely N-dealkylation sites (tertiary alicyclic amines) is 1. The number of hydrogen-bond acceptors (Lipinski definition) is 5. The van der Waals surface area contributed by atoms with E-state index in [-0.39, 0.29) is 12.0 Å². The minimum atomic E-state index is -0.0964. The van der Waals surface area contributed by atoms with Gasteiger partial charge in [-0.2, -0.15) is 4.98 Å². The number of benzene rings is 2. The molecule has 4 rings (SSSR count). The fourth-order valence-corrected chi connectivity index (χ4v) is 4.28. The van der Waals surface area contributed by atoms with E-state index in [0.717, 1.165) is 54.5 Å². The molecule has 1 fully saturated rings. The van der Waals surface area contributed by atoms with Gasteiger partial charge in [0.2, 0.25) is 17.7 Å². The maximum Gasteiger partial charge on any atom is 0.249 e. The molecule has 3 aromatic rings. The number of halogens is 1. The second kappa shape index (κ2) is 10.7. The Morgan fingerprint density at radius 2 is 2.00 bits per heavy atom. The molecular formula is C24H30ClN5O2. The van der Waals surface area contributed by atoms with Crippen LogP contribution < -0.4 is 10.5 Å². The second-order valence-corrected chi connectivity index (χ2v) is 8.41. The van der Waals surface area contributed by atoms with Gasteiger partial charge < -0.3 is 19.9 Å². The summed E-state index contributed by atoms with van der Waals surface area (Å²) in [6.07, 6.45) is 8.00. The van der Waals surface area contributed by atoms with E-state index in [1.54, 1.807) is 0 Å². The maximum atomic E-state index is 5.93. The summed E-state index contributed by atoms with van der Waals surface area (Å²) in [7, 11) is 0. The Bertz CT molecular complexity index is 1070. The highest BCUT2D eigenvalue weighted by molar-refractivity contribution is 6.19. The zero-order valence-corrected chi connectivity index (χ0v) is 19.2. The van der Waals surface area contributed by atoms with Crippen LogP contribution >= 0.6 is 11.8 Å². The van der Waals surface area contributed by atoms with Crippen LogP contribution in [0.15, 0.2) is 45.4 Å². The molecule has 0 bridgehead atoms. The third kappa shape index (κ3) is 5.15. The maximum absolute atomic E-state index is 5.93. The molecule has 2 aromatic carbocycles. The summed E-state index contributed by atoms with van der Waals surface area (Å²) in [6, 6.07) is 12.2. The Morgan fingerprint density at radius 3 is 2.84 bits per heavy atom. The quantitative estimate of drug-likeness (QED) is 0.247. The largest absolute Gasteiger partial charge is 0.494 e. The fourth-order valence-electron chi connectivity index (χ4n) is 4.18. The van der Waals surface area contributed by atoms with Gasteiger partial charge in [-0.15, -0.1) is 4.51 Å². The molecule has 0 unspecified atom stereocenters.